The molecular formula is C15H17FN2O2. The van der Waals surface area contributed by atoms with E-state index in [1.807, 2.05) is 0 Å². The van der Waals surface area contributed by atoms with Crippen molar-refractivity contribution in [3.63, 3.8) is 0 Å². The molecule has 5 heteroatoms. The Morgan fingerprint density at radius 2 is 1.95 bits per heavy atom. The summed E-state index contributed by atoms with van der Waals surface area (Å²) >= 11 is 0. The van der Waals surface area contributed by atoms with E-state index in [1.165, 1.54) is 12.1 Å². The molecule has 1 aliphatic carbocycles. The molecule has 20 heavy (non-hydrogen) atoms. The first-order valence-electron chi connectivity index (χ1n) is 6.90. The third kappa shape index (κ3) is 3.13. The minimum Gasteiger partial charge on any atom is -0.258 e. The number of nitrogens with zero attached hydrogens (tertiary/aromatic N) is 2. The van der Waals surface area contributed by atoms with Gasteiger partial charge >= 0.3 is 5.69 Å². The minimum absolute atomic E-state index is 0.445. The first kappa shape index (κ1) is 14.4. The SMILES string of the molecule is N#CC1(Cc2ccc([N+](=O)[O-])c(F)c2)CCCCCC1. The second-order valence-electron chi connectivity index (χ2n) is 5.53. The lowest BCUT2D eigenvalue weighted by Gasteiger charge is -2.24. The summed E-state index contributed by atoms with van der Waals surface area (Å²) in [6.07, 6.45) is 6.42. The maximum atomic E-state index is 13.6. The number of hydrogen-bond donors (Lipinski definition) is 0. The Balaban J connectivity index is 2.21. The Hall–Kier alpha value is -1.96. The van der Waals surface area contributed by atoms with Gasteiger partial charge in [-0.3, -0.25) is 10.1 Å². The molecule has 0 N–H and O–H groups in total. The molecule has 0 unspecified atom stereocenters. The smallest absolute Gasteiger partial charge is 0.258 e. The topological polar surface area (TPSA) is 66.9 Å². The highest BCUT2D eigenvalue weighted by Gasteiger charge is 2.31. The van der Waals surface area contributed by atoms with Crippen LogP contribution in [0.4, 0.5) is 10.1 Å². The molecule has 0 aliphatic heterocycles. The van der Waals surface area contributed by atoms with Gasteiger partial charge in [0.1, 0.15) is 0 Å². The average Bonchev–Trinajstić information content (AvgIpc) is 2.64. The Morgan fingerprint density at radius 3 is 2.45 bits per heavy atom. The molecule has 0 radical (unpaired) electrons. The molecule has 0 heterocycles. The van der Waals surface area contributed by atoms with Crippen LogP contribution in [0, 0.1) is 32.7 Å². The number of rotatable bonds is 3. The molecule has 0 spiro atoms. The van der Waals surface area contributed by atoms with E-state index in [9.17, 15) is 19.8 Å². The summed E-state index contributed by atoms with van der Waals surface area (Å²) in [6, 6.07) is 6.35. The normalized spacial score (nSPS) is 18.0. The number of nitro groups is 1. The summed E-state index contributed by atoms with van der Waals surface area (Å²) in [5.41, 5.74) is -0.295. The van der Waals surface area contributed by atoms with E-state index in [2.05, 4.69) is 6.07 Å². The van der Waals surface area contributed by atoms with Crippen molar-refractivity contribution in [3.05, 3.63) is 39.7 Å². The van der Waals surface area contributed by atoms with Gasteiger partial charge in [-0.25, -0.2) is 0 Å². The van der Waals surface area contributed by atoms with E-state index in [1.54, 1.807) is 6.07 Å². The summed E-state index contributed by atoms with van der Waals surface area (Å²) in [6.45, 7) is 0. The first-order chi connectivity index (χ1) is 9.56. The quantitative estimate of drug-likeness (QED) is 0.473. The molecule has 0 atom stereocenters. The Labute approximate surface area is 117 Å². The van der Waals surface area contributed by atoms with Gasteiger partial charge in [-0.2, -0.15) is 9.65 Å². The van der Waals surface area contributed by atoms with Crippen molar-refractivity contribution in [2.75, 3.05) is 0 Å². The molecule has 0 aromatic heterocycles. The van der Waals surface area contributed by atoms with Crippen molar-refractivity contribution in [1.82, 2.24) is 0 Å². The first-order valence-corrected chi connectivity index (χ1v) is 6.90. The van der Waals surface area contributed by atoms with Gasteiger partial charge in [0.2, 0.25) is 5.82 Å². The molecule has 1 saturated carbocycles. The number of benzene rings is 1. The van der Waals surface area contributed by atoms with Gasteiger partial charge in [-0.1, -0.05) is 31.7 Å². The fourth-order valence-corrected chi connectivity index (χ4v) is 2.93. The molecule has 1 aromatic rings. The third-order valence-corrected chi connectivity index (χ3v) is 4.05. The zero-order chi connectivity index (χ0) is 14.6. The maximum absolute atomic E-state index is 13.6. The Morgan fingerprint density at radius 1 is 1.30 bits per heavy atom. The Bertz CT molecular complexity index is 543. The lowest BCUT2D eigenvalue weighted by atomic mass is 9.77. The molecule has 0 amide bonds. The van der Waals surface area contributed by atoms with Gasteiger partial charge in [0.05, 0.1) is 16.4 Å². The van der Waals surface area contributed by atoms with Crippen molar-refractivity contribution in [3.8, 4) is 6.07 Å². The molecule has 106 valence electrons. The summed E-state index contributed by atoms with van der Waals surface area (Å²) in [4.78, 5) is 9.87. The third-order valence-electron chi connectivity index (χ3n) is 4.05. The second-order valence-corrected chi connectivity index (χ2v) is 5.53. The van der Waals surface area contributed by atoms with Gasteiger partial charge in [-0.05, 0) is 30.9 Å². The standard InChI is InChI=1S/C15H17FN2O2/c16-13-9-12(5-6-14(13)18(19)20)10-15(11-17)7-3-1-2-4-8-15/h5-6,9H,1-4,7-8,10H2. The zero-order valence-corrected chi connectivity index (χ0v) is 11.3. The Kier molecular flexibility index (Phi) is 4.33. The molecule has 0 bridgehead atoms. The van der Waals surface area contributed by atoms with Crippen LogP contribution in [0.1, 0.15) is 44.1 Å². The number of nitriles is 1. The zero-order valence-electron chi connectivity index (χ0n) is 11.3. The van der Waals surface area contributed by atoms with E-state index >= 15 is 0 Å². The summed E-state index contributed by atoms with van der Waals surface area (Å²) in [5.74, 6) is -0.825. The van der Waals surface area contributed by atoms with Crippen LogP contribution in [0.3, 0.4) is 0 Å². The van der Waals surface area contributed by atoms with Crippen LogP contribution < -0.4 is 0 Å². The summed E-state index contributed by atoms with van der Waals surface area (Å²) in [5, 5.41) is 20.1. The van der Waals surface area contributed by atoms with Crippen LogP contribution in [0.15, 0.2) is 18.2 Å². The van der Waals surface area contributed by atoms with E-state index in [4.69, 9.17) is 0 Å². The second kappa shape index (κ2) is 6.00. The van der Waals surface area contributed by atoms with Crippen LogP contribution in [-0.4, -0.2) is 4.92 Å². The van der Waals surface area contributed by atoms with Gasteiger partial charge in [-0.15, -0.1) is 0 Å². The monoisotopic (exact) mass is 276 g/mol. The van der Waals surface area contributed by atoms with Crippen molar-refractivity contribution < 1.29 is 9.31 Å². The minimum atomic E-state index is -0.825. The van der Waals surface area contributed by atoms with Gasteiger partial charge < -0.3 is 0 Å². The molecule has 1 aliphatic rings. The summed E-state index contributed by atoms with van der Waals surface area (Å²) in [7, 11) is 0. The highest BCUT2D eigenvalue weighted by molar-refractivity contribution is 5.35. The highest BCUT2D eigenvalue weighted by Crippen LogP contribution is 2.38. The summed E-state index contributed by atoms with van der Waals surface area (Å²) < 4.78 is 13.6. The van der Waals surface area contributed by atoms with Crippen LogP contribution >= 0.6 is 0 Å². The number of nitro benzene ring substituents is 1. The maximum Gasteiger partial charge on any atom is 0.304 e. The number of hydrogen-bond acceptors (Lipinski definition) is 3. The molecule has 1 aromatic carbocycles. The number of halogens is 1. The molecular weight excluding hydrogens is 259 g/mol. The lowest BCUT2D eigenvalue weighted by Crippen LogP contribution is -2.21. The van der Waals surface area contributed by atoms with Crippen molar-refractivity contribution in [1.29, 1.82) is 5.26 Å². The van der Waals surface area contributed by atoms with Crippen LogP contribution in [0.25, 0.3) is 0 Å². The fraction of sp³-hybridized carbons (Fsp3) is 0.533. The lowest BCUT2D eigenvalue weighted by molar-refractivity contribution is -0.387. The van der Waals surface area contributed by atoms with Crippen molar-refractivity contribution in [2.45, 2.75) is 44.9 Å². The van der Waals surface area contributed by atoms with Crippen LogP contribution in [0.2, 0.25) is 0 Å². The largest absolute Gasteiger partial charge is 0.304 e. The van der Waals surface area contributed by atoms with Crippen LogP contribution in [-0.2, 0) is 6.42 Å². The van der Waals surface area contributed by atoms with Gasteiger partial charge in [0.15, 0.2) is 0 Å². The van der Waals surface area contributed by atoms with Crippen molar-refractivity contribution in [2.24, 2.45) is 5.41 Å². The predicted molar refractivity (Wildman–Crippen MR) is 72.5 cm³/mol. The molecule has 0 saturated heterocycles. The highest BCUT2D eigenvalue weighted by atomic mass is 19.1. The molecule has 2 rings (SSSR count). The van der Waals surface area contributed by atoms with Crippen molar-refractivity contribution >= 4 is 5.69 Å². The van der Waals surface area contributed by atoms with E-state index in [0.717, 1.165) is 38.5 Å². The van der Waals surface area contributed by atoms with Gasteiger partial charge in [0.25, 0.3) is 0 Å². The van der Waals surface area contributed by atoms with E-state index in [-0.39, 0.29) is 0 Å². The molecule has 4 nitrogen and oxygen atoms in total. The van der Waals surface area contributed by atoms with E-state index < -0.39 is 21.8 Å². The molecule has 1 fully saturated rings. The predicted octanol–water partition coefficient (Wildman–Crippen LogP) is 4.14. The average molecular weight is 276 g/mol. The van der Waals surface area contributed by atoms with E-state index in [0.29, 0.717) is 12.0 Å². The van der Waals surface area contributed by atoms with Gasteiger partial charge in [0, 0.05) is 6.07 Å². The fourth-order valence-electron chi connectivity index (χ4n) is 2.93. The van der Waals surface area contributed by atoms with Crippen LogP contribution in [0.5, 0.6) is 0 Å².